The third kappa shape index (κ3) is 6.27. The number of nitro groups is 1. The first-order valence-electron chi connectivity index (χ1n) is 14.6. The van der Waals surface area contributed by atoms with Crippen molar-refractivity contribution < 1.29 is 19.2 Å². The van der Waals surface area contributed by atoms with E-state index in [2.05, 4.69) is 16.8 Å². The lowest BCUT2D eigenvalue weighted by molar-refractivity contribution is -0.384. The van der Waals surface area contributed by atoms with Crippen LogP contribution in [0.1, 0.15) is 64.6 Å². The molecule has 0 bridgehead atoms. The van der Waals surface area contributed by atoms with Gasteiger partial charge in [0.15, 0.2) is 4.80 Å². The number of ether oxygens (including phenoxy) is 2. The van der Waals surface area contributed by atoms with Crippen molar-refractivity contribution >= 4 is 34.8 Å². The molecular weight excluding hydrogens is 568 g/mol. The standard InChI is InChI=1S/C32H36N4O6S/c1-6-41-25-10-7-22(8-11-25)29-28(31(38)42-19(2)3)21(5)33-32-35(29)30(37)27(43-32)18-23-17-24(36(39)40)9-12-26(23)34-15-13-20(4)14-16-34/h7-12,17-20,29H,6,13-16H2,1-5H3/b27-18-/t29-/m0/s1. The van der Waals surface area contributed by atoms with Crippen LogP contribution in [0.5, 0.6) is 5.75 Å². The van der Waals surface area contributed by atoms with Gasteiger partial charge in [-0.05, 0) is 76.3 Å². The van der Waals surface area contributed by atoms with Gasteiger partial charge in [0.05, 0.1) is 39.5 Å². The molecule has 0 saturated carbocycles. The molecule has 1 saturated heterocycles. The summed E-state index contributed by atoms with van der Waals surface area (Å²) in [6.07, 6.45) is 3.40. The number of nitro benzene ring substituents is 1. The maximum Gasteiger partial charge on any atom is 0.338 e. The predicted molar refractivity (Wildman–Crippen MR) is 166 cm³/mol. The van der Waals surface area contributed by atoms with Crippen LogP contribution in [0, 0.1) is 16.0 Å². The van der Waals surface area contributed by atoms with Crippen molar-refractivity contribution in [1.82, 2.24) is 4.57 Å². The molecule has 5 rings (SSSR count). The van der Waals surface area contributed by atoms with E-state index in [9.17, 15) is 19.7 Å². The molecule has 0 radical (unpaired) electrons. The van der Waals surface area contributed by atoms with Gasteiger partial charge < -0.3 is 14.4 Å². The number of benzene rings is 2. The SMILES string of the molecule is CCOc1ccc([C@H]2C(C(=O)OC(C)C)=C(C)N=c3s/c(=C\c4cc([N+](=O)[O-])ccc4N4CCC(C)CC4)c(=O)n32)cc1. The number of carbonyl (C=O) groups is 1. The van der Waals surface area contributed by atoms with Crippen LogP contribution in [-0.4, -0.2) is 41.3 Å². The van der Waals surface area contributed by atoms with E-state index in [0.29, 0.717) is 44.4 Å². The van der Waals surface area contributed by atoms with Gasteiger partial charge in [0, 0.05) is 36.5 Å². The van der Waals surface area contributed by atoms with Crippen molar-refractivity contribution in [2.24, 2.45) is 10.9 Å². The number of piperidine rings is 1. The molecule has 0 unspecified atom stereocenters. The van der Waals surface area contributed by atoms with Gasteiger partial charge in [-0.3, -0.25) is 19.5 Å². The Labute approximate surface area is 253 Å². The number of hydrogen-bond acceptors (Lipinski definition) is 9. The summed E-state index contributed by atoms with van der Waals surface area (Å²) in [7, 11) is 0. The Morgan fingerprint density at radius 3 is 2.51 bits per heavy atom. The Balaban J connectivity index is 1.68. The highest BCUT2D eigenvalue weighted by Gasteiger charge is 2.34. The van der Waals surface area contributed by atoms with Crippen molar-refractivity contribution in [3.8, 4) is 5.75 Å². The Bertz CT molecular complexity index is 1750. The summed E-state index contributed by atoms with van der Waals surface area (Å²) in [5, 5.41) is 11.7. The van der Waals surface area contributed by atoms with Crippen LogP contribution in [0.25, 0.3) is 6.08 Å². The van der Waals surface area contributed by atoms with Crippen molar-refractivity contribution in [2.45, 2.75) is 59.6 Å². The average Bonchev–Trinajstić information content (AvgIpc) is 3.27. The quantitative estimate of drug-likeness (QED) is 0.207. The van der Waals surface area contributed by atoms with E-state index in [1.54, 1.807) is 32.9 Å². The first-order valence-corrected chi connectivity index (χ1v) is 15.4. The molecule has 1 aromatic heterocycles. The van der Waals surface area contributed by atoms with Gasteiger partial charge in [-0.1, -0.05) is 30.4 Å². The van der Waals surface area contributed by atoms with Gasteiger partial charge in [-0.25, -0.2) is 9.79 Å². The first kappa shape index (κ1) is 30.2. The molecule has 2 aliphatic heterocycles. The number of rotatable bonds is 8. The second kappa shape index (κ2) is 12.5. The largest absolute Gasteiger partial charge is 0.494 e. The number of carbonyl (C=O) groups excluding carboxylic acids is 1. The Morgan fingerprint density at radius 2 is 1.88 bits per heavy atom. The van der Waals surface area contributed by atoms with E-state index in [1.807, 2.05) is 31.2 Å². The number of anilines is 1. The zero-order chi connectivity index (χ0) is 30.8. The molecule has 43 heavy (non-hydrogen) atoms. The number of non-ortho nitro benzene ring substituents is 1. The highest BCUT2D eigenvalue weighted by molar-refractivity contribution is 7.07. The van der Waals surface area contributed by atoms with Crippen LogP contribution in [-0.2, 0) is 9.53 Å². The predicted octanol–water partition coefficient (Wildman–Crippen LogP) is 4.73. The maximum atomic E-state index is 14.2. The van der Waals surface area contributed by atoms with Gasteiger partial charge in [0.25, 0.3) is 11.2 Å². The molecular formula is C32H36N4O6S. The van der Waals surface area contributed by atoms with E-state index in [-0.39, 0.29) is 22.9 Å². The third-order valence-electron chi connectivity index (χ3n) is 7.72. The fourth-order valence-electron chi connectivity index (χ4n) is 5.54. The topological polar surface area (TPSA) is 116 Å². The molecule has 1 atom stereocenters. The Kier molecular flexibility index (Phi) is 8.82. The number of fused-ring (bicyclic) bond motifs is 1. The van der Waals surface area contributed by atoms with Crippen LogP contribution in [0.4, 0.5) is 11.4 Å². The summed E-state index contributed by atoms with van der Waals surface area (Å²) >= 11 is 1.20. The molecule has 2 aromatic carbocycles. The summed E-state index contributed by atoms with van der Waals surface area (Å²) in [5.41, 5.74) is 2.53. The summed E-state index contributed by atoms with van der Waals surface area (Å²) < 4.78 is 13.1. The lowest BCUT2D eigenvalue weighted by Gasteiger charge is -2.33. The number of nitrogens with zero attached hydrogens (tertiary/aromatic N) is 4. The fraction of sp³-hybridized carbons (Fsp3) is 0.406. The summed E-state index contributed by atoms with van der Waals surface area (Å²) in [4.78, 5) is 46.1. The van der Waals surface area contributed by atoms with Crippen molar-refractivity contribution in [3.05, 3.63) is 94.7 Å². The van der Waals surface area contributed by atoms with Gasteiger partial charge in [0.1, 0.15) is 5.75 Å². The van der Waals surface area contributed by atoms with Crippen LogP contribution >= 0.6 is 11.3 Å². The van der Waals surface area contributed by atoms with E-state index in [1.165, 1.54) is 28.0 Å². The monoisotopic (exact) mass is 604 g/mol. The smallest absolute Gasteiger partial charge is 0.338 e. The minimum atomic E-state index is -0.770. The molecule has 3 aromatic rings. The second-order valence-electron chi connectivity index (χ2n) is 11.2. The van der Waals surface area contributed by atoms with Crippen molar-refractivity contribution in [1.29, 1.82) is 0 Å². The molecule has 2 aliphatic rings. The van der Waals surface area contributed by atoms with Gasteiger partial charge in [-0.15, -0.1) is 0 Å². The fourth-order valence-corrected chi connectivity index (χ4v) is 6.58. The summed E-state index contributed by atoms with van der Waals surface area (Å²) in [6.45, 7) is 11.6. The van der Waals surface area contributed by atoms with E-state index in [0.717, 1.165) is 31.6 Å². The maximum absolute atomic E-state index is 14.2. The second-order valence-corrected chi connectivity index (χ2v) is 12.2. The highest BCUT2D eigenvalue weighted by atomic mass is 32.1. The number of allylic oxidation sites excluding steroid dienone is 1. The lowest BCUT2D eigenvalue weighted by atomic mass is 9.95. The normalized spacial score (nSPS) is 17.6. The van der Waals surface area contributed by atoms with Gasteiger partial charge >= 0.3 is 5.97 Å². The summed E-state index contributed by atoms with van der Waals surface area (Å²) in [6, 6.07) is 11.3. The van der Waals surface area contributed by atoms with Crippen molar-refractivity contribution in [2.75, 3.05) is 24.6 Å². The summed E-state index contributed by atoms with van der Waals surface area (Å²) in [5.74, 6) is 0.754. The van der Waals surface area contributed by atoms with Crippen LogP contribution < -0.4 is 24.5 Å². The average molecular weight is 605 g/mol. The van der Waals surface area contributed by atoms with Gasteiger partial charge in [-0.2, -0.15) is 0 Å². The third-order valence-corrected chi connectivity index (χ3v) is 8.71. The molecule has 0 N–H and O–H groups in total. The minimum absolute atomic E-state index is 0.0463. The molecule has 1 fully saturated rings. The molecule has 0 spiro atoms. The lowest BCUT2D eigenvalue weighted by Crippen LogP contribution is -2.40. The molecule has 226 valence electrons. The number of esters is 1. The zero-order valence-electron chi connectivity index (χ0n) is 25.0. The molecule has 10 nitrogen and oxygen atoms in total. The molecule has 11 heteroatoms. The Morgan fingerprint density at radius 1 is 1.19 bits per heavy atom. The molecule has 3 heterocycles. The molecule has 0 aliphatic carbocycles. The first-order chi connectivity index (χ1) is 20.6. The van der Waals surface area contributed by atoms with Crippen LogP contribution in [0.3, 0.4) is 0 Å². The van der Waals surface area contributed by atoms with E-state index < -0.39 is 16.9 Å². The van der Waals surface area contributed by atoms with Crippen LogP contribution in [0.2, 0.25) is 0 Å². The number of thiazole rings is 1. The number of hydrogen-bond donors (Lipinski definition) is 0. The zero-order valence-corrected chi connectivity index (χ0v) is 25.8. The van der Waals surface area contributed by atoms with Gasteiger partial charge in [0.2, 0.25) is 0 Å². The molecule has 0 amide bonds. The highest BCUT2D eigenvalue weighted by Crippen LogP contribution is 2.33. The minimum Gasteiger partial charge on any atom is -0.494 e. The Hall–Kier alpha value is -4.25. The van der Waals surface area contributed by atoms with E-state index >= 15 is 0 Å². The van der Waals surface area contributed by atoms with E-state index in [4.69, 9.17) is 9.47 Å². The number of aromatic nitrogens is 1. The van der Waals surface area contributed by atoms with Crippen LogP contribution in [0.15, 0.2) is 63.5 Å². The van der Waals surface area contributed by atoms with Crippen molar-refractivity contribution in [3.63, 3.8) is 0 Å².